The first kappa shape index (κ1) is 20.9. The number of hydrogen-bond donors (Lipinski definition) is 1. The predicted octanol–water partition coefficient (Wildman–Crippen LogP) is 3.24. The number of thioether (sulfide) groups is 1. The normalized spacial score (nSPS) is 18.4. The Hall–Kier alpha value is -2.39. The van der Waals surface area contributed by atoms with Gasteiger partial charge >= 0.3 is 5.97 Å². The lowest BCUT2D eigenvalue weighted by Gasteiger charge is -2.14. The van der Waals surface area contributed by atoms with Gasteiger partial charge in [0, 0.05) is 18.2 Å². The van der Waals surface area contributed by atoms with Crippen LogP contribution in [0.3, 0.4) is 0 Å². The number of amides is 1. The van der Waals surface area contributed by atoms with Crippen molar-refractivity contribution in [3.05, 3.63) is 35.7 Å². The number of anilines is 1. The van der Waals surface area contributed by atoms with Gasteiger partial charge in [-0.15, -0.1) is 10.2 Å². The molecule has 0 radical (unpaired) electrons. The standard InChI is InChI=1S/C21H26N4O4S/c1-2-28-20(27)15-7-9-16(10-8-15)22-18(26)13-30-21-24-23-19(14-5-6-14)25(21)12-17-4-3-11-29-17/h7-10,14,17H,2-6,11-13H2,1H3,(H,22,26). The van der Waals surface area contributed by atoms with E-state index in [9.17, 15) is 9.59 Å². The Kier molecular flexibility index (Phi) is 6.69. The van der Waals surface area contributed by atoms with Gasteiger partial charge in [0.2, 0.25) is 5.91 Å². The maximum Gasteiger partial charge on any atom is 0.338 e. The maximum atomic E-state index is 12.4. The van der Waals surface area contributed by atoms with E-state index in [2.05, 4.69) is 20.1 Å². The summed E-state index contributed by atoms with van der Waals surface area (Å²) in [5, 5.41) is 12.3. The van der Waals surface area contributed by atoms with Crippen LogP contribution in [0, 0.1) is 0 Å². The topological polar surface area (TPSA) is 95.3 Å². The number of carbonyl (C=O) groups is 2. The molecule has 30 heavy (non-hydrogen) atoms. The number of carbonyl (C=O) groups excluding carboxylic acids is 2. The zero-order valence-electron chi connectivity index (χ0n) is 17.0. The van der Waals surface area contributed by atoms with E-state index < -0.39 is 0 Å². The largest absolute Gasteiger partial charge is 0.462 e. The van der Waals surface area contributed by atoms with E-state index >= 15 is 0 Å². The van der Waals surface area contributed by atoms with E-state index in [1.54, 1.807) is 31.2 Å². The average molecular weight is 431 g/mol. The molecular formula is C21H26N4O4S. The monoisotopic (exact) mass is 430 g/mol. The van der Waals surface area contributed by atoms with Crippen molar-refractivity contribution < 1.29 is 19.1 Å². The van der Waals surface area contributed by atoms with Crippen molar-refractivity contribution in [3.63, 3.8) is 0 Å². The molecule has 1 aromatic carbocycles. The van der Waals surface area contributed by atoms with Gasteiger partial charge < -0.3 is 19.4 Å². The third-order valence-corrected chi connectivity index (χ3v) is 6.08. The Morgan fingerprint density at radius 1 is 1.23 bits per heavy atom. The van der Waals surface area contributed by atoms with Crippen LogP contribution in [0.1, 0.15) is 54.7 Å². The summed E-state index contributed by atoms with van der Waals surface area (Å²) in [5.41, 5.74) is 1.09. The molecule has 2 aromatic rings. The van der Waals surface area contributed by atoms with Crippen LogP contribution < -0.4 is 5.32 Å². The molecule has 1 amide bonds. The maximum absolute atomic E-state index is 12.4. The van der Waals surface area contributed by atoms with Crippen LogP contribution >= 0.6 is 11.8 Å². The van der Waals surface area contributed by atoms with Crippen LogP contribution in [0.5, 0.6) is 0 Å². The minimum atomic E-state index is -0.372. The number of rotatable bonds is 9. The molecule has 8 nitrogen and oxygen atoms in total. The summed E-state index contributed by atoms with van der Waals surface area (Å²) in [6.07, 6.45) is 4.64. The molecule has 1 atom stereocenters. The highest BCUT2D eigenvalue weighted by atomic mass is 32.2. The number of nitrogens with one attached hydrogen (secondary N) is 1. The summed E-state index contributed by atoms with van der Waals surface area (Å²) in [7, 11) is 0. The quantitative estimate of drug-likeness (QED) is 0.482. The molecule has 1 saturated heterocycles. The van der Waals surface area contributed by atoms with Crippen LogP contribution in [0.4, 0.5) is 5.69 Å². The molecular weight excluding hydrogens is 404 g/mol. The van der Waals surface area contributed by atoms with E-state index in [-0.39, 0.29) is 23.7 Å². The Balaban J connectivity index is 1.34. The number of nitrogens with zero attached hydrogens (tertiary/aromatic N) is 3. The van der Waals surface area contributed by atoms with Gasteiger partial charge in [-0.3, -0.25) is 4.79 Å². The van der Waals surface area contributed by atoms with Crippen LogP contribution in [0.2, 0.25) is 0 Å². The van der Waals surface area contributed by atoms with Crippen LogP contribution in [0.15, 0.2) is 29.4 Å². The zero-order chi connectivity index (χ0) is 20.9. The predicted molar refractivity (Wildman–Crippen MR) is 113 cm³/mol. The summed E-state index contributed by atoms with van der Waals surface area (Å²) in [5.74, 6) is 1.22. The lowest BCUT2D eigenvalue weighted by molar-refractivity contribution is -0.113. The molecule has 160 valence electrons. The fourth-order valence-electron chi connectivity index (χ4n) is 3.45. The number of hydrogen-bond acceptors (Lipinski definition) is 7. The van der Waals surface area contributed by atoms with Crippen molar-refractivity contribution in [2.75, 3.05) is 24.3 Å². The van der Waals surface area contributed by atoms with E-state index in [4.69, 9.17) is 9.47 Å². The molecule has 9 heteroatoms. The second-order valence-electron chi connectivity index (χ2n) is 7.50. The van der Waals surface area contributed by atoms with Gasteiger partial charge in [-0.2, -0.15) is 0 Å². The minimum Gasteiger partial charge on any atom is -0.462 e. The third kappa shape index (κ3) is 5.20. The van der Waals surface area contributed by atoms with Crippen LogP contribution in [-0.4, -0.2) is 51.7 Å². The van der Waals surface area contributed by atoms with Gasteiger partial charge in [-0.1, -0.05) is 11.8 Å². The molecule has 1 saturated carbocycles. The molecule has 1 unspecified atom stereocenters. The molecule has 0 bridgehead atoms. The SMILES string of the molecule is CCOC(=O)c1ccc(NC(=O)CSc2nnc(C3CC3)n2CC2CCCO2)cc1. The van der Waals surface area contributed by atoms with Crippen LogP contribution in [0.25, 0.3) is 0 Å². The summed E-state index contributed by atoms with van der Waals surface area (Å²) < 4.78 is 12.9. The summed E-state index contributed by atoms with van der Waals surface area (Å²) in [6.45, 7) is 3.65. The second kappa shape index (κ2) is 9.61. The highest BCUT2D eigenvalue weighted by Crippen LogP contribution is 2.40. The molecule has 2 fully saturated rings. The number of ether oxygens (including phenoxy) is 2. The average Bonchev–Trinajstić information content (AvgIpc) is 3.31. The minimum absolute atomic E-state index is 0.136. The highest BCUT2D eigenvalue weighted by Gasteiger charge is 2.32. The second-order valence-corrected chi connectivity index (χ2v) is 8.44. The first-order chi connectivity index (χ1) is 14.6. The molecule has 2 aliphatic rings. The van der Waals surface area contributed by atoms with Crippen molar-refractivity contribution in [2.24, 2.45) is 0 Å². The van der Waals surface area contributed by atoms with E-state index in [1.165, 1.54) is 11.8 Å². The molecule has 1 N–H and O–H groups in total. The molecule has 4 rings (SSSR count). The lowest BCUT2D eigenvalue weighted by atomic mass is 10.2. The van der Waals surface area contributed by atoms with E-state index in [0.29, 0.717) is 23.8 Å². The van der Waals surface area contributed by atoms with Gasteiger partial charge in [0.25, 0.3) is 0 Å². The zero-order valence-corrected chi connectivity index (χ0v) is 17.8. The number of benzene rings is 1. The van der Waals surface area contributed by atoms with E-state index in [1.807, 2.05) is 0 Å². The third-order valence-electron chi connectivity index (χ3n) is 5.11. The lowest BCUT2D eigenvalue weighted by Crippen LogP contribution is -2.19. The summed E-state index contributed by atoms with van der Waals surface area (Å²) in [6, 6.07) is 6.67. The van der Waals surface area contributed by atoms with Gasteiger partial charge in [0.05, 0.1) is 30.6 Å². The Morgan fingerprint density at radius 3 is 2.70 bits per heavy atom. The Labute approximate surface area is 179 Å². The van der Waals surface area contributed by atoms with E-state index in [0.717, 1.165) is 49.8 Å². The molecule has 0 spiro atoms. The fourth-order valence-corrected chi connectivity index (χ4v) is 4.20. The van der Waals surface area contributed by atoms with Crippen molar-refractivity contribution >= 4 is 29.3 Å². The molecule has 2 heterocycles. The summed E-state index contributed by atoms with van der Waals surface area (Å²) in [4.78, 5) is 24.1. The van der Waals surface area contributed by atoms with Crippen molar-refractivity contribution in [1.82, 2.24) is 14.8 Å². The molecule has 1 aliphatic carbocycles. The van der Waals surface area contributed by atoms with Crippen LogP contribution in [-0.2, 0) is 20.8 Å². The van der Waals surface area contributed by atoms with Crippen molar-refractivity contribution in [1.29, 1.82) is 0 Å². The van der Waals surface area contributed by atoms with Crippen molar-refractivity contribution in [3.8, 4) is 0 Å². The van der Waals surface area contributed by atoms with Gasteiger partial charge in [0.15, 0.2) is 5.16 Å². The van der Waals surface area contributed by atoms with Gasteiger partial charge in [-0.05, 0) is 56.9 Å². The van der Waals surface area contributed by atoms with Gasteiger partial charge in [0.1, 0.15) is 5.82 Å². The number of aromatic nitrogens is 3. The fraction of sp³-hybridized carbons (Fsp3) is 0.524. The Morgan fingerprint density at radius 2 is 2.03 bits per heavy atom. The highest BCUT2D eigenvalue weighted by molar-refractivity contribution is 7.99. The van der Waals surface area contributed by atoms with Gasteiger partial charge in [-0.25, -0.2) is 4.79 Å². The van der Waals surface area contributed by atoms with Crippen molar-refractivity contribution in [2.45, 2.75) is 56.3 Å². The Bertz CT molecular complexity index is 889. The molecule has 1 aliphatic heterocycles. The first-order valence-electron chi connectivity index (χ1n) is 10.4. The smallest absolute Gasteiger partial charge is 0.338 e. The summed E-state index contributed by atoms with van der Waals surface area (Å²) >= 11 is 1.39. The molecule has 1 aromatic heterocycles. The first-order valence-corrected chi connectivity index (χ1v) is 11.4. The number of esters is 1.